The lowest BCUT2D eigenvalue weighted by Crippen LogP contribution is -2.40. The van der Waals surface area contributed by atoms with E-state index in [0.29, 0.717) is 36.3 Å². The summed E-state index contributed by atoms with van der Waals surface area (Å²) in [5, 5.41) is 19.5. The molecule has 1 aliphatic rings. The minimum atomic E-state index is -0.401. The lowest BCUT2D eigenvalue weighted by molar-refractivity contribution is -0.384. The Balaban J connectivity index is 1.99. The number of anilines is 1. The molecular weight excluding hydrogens is 372 g/mol. The number of halogens is 1. The van der Waals surface area contributed by atoms with Crippen molar-refractivity contribution in [2.45, 2.75) is 25.2 Å². The van der Waals surface area contributed by atoms with Gasteiger partial charge in [-0.25, -0.2) is 4.68 Å². The third kappa shape index (κ3) is 3.72. The Hall–Kier alpha value is -2.32. The van der Waals surface area contributed by atoms with Gasteiger partial charge < -0.3 is 14.8 Å². The third-order valence-electron chi connectivity index (χ3n) is 5.15. The molecule has 0 atom stereocenters. The van der Waals surface area contributed by atoms with Crippen molar-refractivity contribution in [3.8, 4) is 5.75 Å². The number of hydrogen-bond acceptors (Lipinski definition) is 6. The van der Waals surface area contributed by atoms with E-state index in [9.17, 15) is 10.1 Å². The molecule has 9 heteroatoms. The standard InChI is InChI=1S/C18H23ClN4O4/c1-12-16(23(24)25)17(22(2)21-12)20-11-18(6-8-27-9-7-18)14-10-13(19)4-5-15(14)26-3/h4-5,10,20H,6-9,11H2,1-3H3. The van der Waals surface area contributed by atoms with Gasteiger partial charge in [0, 0.05) is 42.8 Å². The van der Waals surface area contributed by atoms with Crippen LogP contribution in [0.15, 0.2) is 18.2 Å². The summed E-state index contributed by atoms with van der Waals surface area (Å²) in [7, 11) is 3.32. The molecule has 0 amide bonds. The topological polar surface area (TPSA) is 91.5 Å². The lowest BCUT2D eigenvalue weighted by atomic mass is 9.73. The van der Waals surface area contributed by atoms with E-state index < -0.39 is 4.92 Å². The molecule has 1 fully saturated rings. The Labute approximate surface area is 162 Å². The maximum absolute atomic E-state index is 11.5. The normalized spacial score (nSPS) is 16.1. The first-order valence-corrected chi connectivity index (χ1v) is 9.09. The predicted octanol–water partition coefficient (Wildman–Crippen LogP) is 3.46. The summed E-state index contributed by atoms with van der Waals surface area (Å²) in [5.74, 6) is 1.14. The molecule has 3 rings (SSSR count). The summed E-state index contributed by atoms with van der Waals surface area (Å²) in [6.07, 6.45) is 1.50. The second kappa shape index (κ2) is 7.74. The zero-order valence-corrected chi connectivity index (χ0v) is 16.4. The summed E-state index contributed by atoms with van der Waals surface area (Å²) >= 11 is 6.26. The second-order valence-electron chi connectivity index (χ2n) is 6.75. The molecule has 1 aliphatic heterocycles. The molecule has 2 heterocycles. The number of methoxy groups -OCH3 is 1. The molecular formula is C18H23ClN4O4. The number of aromatic nitrogens is 2. The summed E-state index contributed by atoms with van der Waals surface area (Å²) in [6, 6.07) is 5.56. The van der Waals surface area contributed by atoms with Gasteiger partial charge in [-0.2, -0.15) is 5.10 Å². The van der Waals surface area contributed by atoms with Crippen LogP contribution >= 0.6 is 11.6 Å². The highest BCUT2D eigenvalue weighted by atomic mass is 35.5. The van der Waals surface area contributed by atoms with E-state index in [4.69, 9.17) is 21.1 Å². The van der Waals surface area contributed by atoms with Crippen molar-refractivity contribution in [1.29, 1.82) is 0 Å². The largest absolute Gasteiger partial charge is 0.496 e. The molecule has 0 unspecified atom stereocenters. The SMILES string of the molecule is COc1ccc(Cl)cc1C1(CNc2c([N+](=O)[O-])c(C)nn2C)CCOCC1. The van der Waals surface area contributed by atoms with Gasteiger partial charge >= 0.3 is 5.69 Å². The smallest absolute Gasteiger partial charge is 0.333 e. The minimum absolute atomic E-state index is 0.00207. The van der Waals surface area contributed by atoms with Crippen LogP contribution in [0.25, 0.3) is 0 Å². The monoisotopic (exact) mass is 394 g/mol. The molecule has 0 spiro atoms. The number of hydrogen-bond donors (Lipinski definition) is 1. The fourth-order valence-electron chi connectivity index (χ4n) is 3.71. The maximum Gasteiger partial charge on any atom is 0.333 e. The fraction of sp³-hybridized carbons (Fsp3) is 0.500. The molecule has 0 saturated carbocycles. The van der Waals surface area contributed by atoms with Gasteiger partial charge in [-0.1, -0.05) is 11.6 Å². The van der Waals surface area contributed by atoms with Gasteiger partial charge in [-0.15, -0.1) is 0 Å². The Bertz CT molecular complexity index is 846. The number of benzene rings is 1. The van der Waals surface area contributed by atoms with Crippen LogP contribution in [-0.2, 0) is 17.2 Å². The van der Waals surface area contributed by atoms with Gasteiger partial charge in [0.15, 0.2) is 0 Å². The average Bonchev–Trinajstić information content (AvgIpc) is 2.94. The number of rotatable bonds is 6. The molecule has 1 aromatic carbocycles. The van der Waals surface area contributed by atoms with E-state index in [1.54, 1.807) is 27.1 Å². The third-order valence-corrected chi connectivity index (χ3v) is 5.39. The highest BCUT2D eigenvalue weighted by Crippen LogP contribution is 2.42. The van der Waals surface area contributed by atoms with Crippen LogP contribution in [0.4, 0.5) is 11.5 Å². The lowest BCUT2D eigenvalue weighted by Gasteiger charge is -2.38. The van der Waals surface area contributed by atoms with Gasteiger partial charge in [-0.05, 0) is 38.0 Å². The zero-order chi connectivity index (χ0) is 19.6. The van der Waals surface area contributed by atoms with Crippen molar-refractivity contribution in [2.75, 3.05) is 32.2 Å². The van der Waals surface area contributed by atoms with Gasteiger partial charge in [0.25, 0.3) is 0 Å². The number of nitro groups is 1. The van der Waals surface area contributed by atoms with Crippen molar-refractivity contribution in [1.82, 2.24) is 9.78 Å². The van der Waals surface area contributed by atoms with E-state index in [1.807, 2.05) is 12.1 Å². The van der Waals surface area contributed by atoms with Crippen molar-refractivity contribution in [3.05, 3.63) is 44.6 Å². The van der Waals surface area contributed by atoms with Crippen LogP contribution in [0.2, 0.25) is 5.02 Å². The molecule has 1 aromatic heterocycles. The molecule has 2 aromatic rings. The summed E-state index contributed by atoms with van der Waals surface area (Å²) in [6.45, 7) is 3.31. The van der Waals surface area contributed by atoms with E-state index in [0.717, 1.165) is 24.2 Å². The van der Waals surface area contributed by atoms with Crippen molar-refractivity contribution in [3.63, 3.8) is 0 Å². The van der Waals surface area contributed by atoms with Crippen LogP contribution in [0.1, 0.15) is 24.1 Å². The van der Waals surface area contributed by atoms with Crippen molar-refractivity contribution < 1.29 is 14.4 Å². The number of ether oxygens (including phenoxy) is 2. The van der Waals surface area contributed by atoms with E-state index in [-0.39, 0.29) is 11.1 Å². The second-order valence-corrected chi connectivity index (χ2v) is 7.19. The minimum Gasteiger partial charge on any atom is -0.496 e. The van der Waals surface area contributed by atoms with Gasteiger partial charge in [-0.3, -0.25) is 10.1 Å². The van der Waals surface area contributed by atoms with Crippen LogP contribution < -0.4 is 10.1 Å². The van der Waals surface area contributed by atoms with Crippen molar-refractivity contribution >= 4 is 23.1 Å². The van der Waals surface area contributed by atoms with Gasteiger partial charge in [0.2, 0.25) is 5.82 Å². The zero-order valence-electron chi connectivity index (χ0n) is 15.6. The molecule has 1 saturated heterocycles. The molecule has 1 N–H and O–H groups in total. The average molecular weight is 395 g/mol. The number of aryl methyl sites for hydroxylation is 2. The first-order chi connectivity index (χ1) is 12.9. The molecule has 0 aliphatic carbocycles. The predicted molar refractivity (Wildman–Crippen MR) is 103 cm³/mol. The molecule has 0 radical (unpaired) electrons. The Morgan fingerprint density at radius 1 is 1.44 bits per heavy atom. The fourth-order valence-corrected chi connectivity index (χ4v) is 3.89. The summed E-state index contributed by atoms with van der Waals surface area (Å²) < 4.78 is 12.6. The Kier molecular flexibility index (Phi) is 5.57. The van der Waals surface area contributed by atoms with Crippen LogP contribution in [0.3, 0.4) is 0 Å². The van der Waals surface area contributed by atoms with E-state index in [1.165, 1.54) is 4.68 Å². The summed E-state index contributed by atoms with van der Waals surface area (Å²) in [4.78, 5) is 11.1. The molecule has 146 valence electrons. The molecule has 0 bridgehead atoms. The van der Waals surface area contributed by atoms with E-state index >= 15 is 0 Å². The van der Waals surface area contributed by atoms with Crippen molar-refractivity contribution in [2.24, 2.45) is 7.05 Å². The maximum atomic E-state index is 11.5. The Morgan fingerprint density at radius 2 is 2.15 bits per heavy atom. The van der Waals surface area contributed by atoms with E-state index in [2.05, 4.69) is 10.4 Å². The number of nitrogens with zero attached hydrogens (tertiary/aromatic N) is 3. The first kappa shape index (κ1) is 19.4. The van der Waals surface area contributed by atoms with Crippen LogP contribution in [0, 0.1) is 17.0 Å². The quantitative estimate of drug-likeness (QED) is 0.596. The van der Waals surface area contributed by atoms with Gasteiger partial charge in [0.05, 0.1) is 12.0 Å². The molecule has 27 heavy (non-hydrogen) atoms. The van der Waals surface area contributed by atoms with Crippen LogP contribution in [0.5, 0.6) is 5.75 Å². The summed E-state index contributed by atoms with van der Waals surface area (Å²) in [5.41, 5.74) is 1.04. The highest BCUT2D eigenvalue weighted by molar-refractivity contribution is 6.30. The molecule has 8 nitrogen and oxygen atoms in total. The van der Waals surface area contributed by atoms with Gasteiger partial charge in [0.1, 0.15) is 11.4 Å². The highest BCUT2D eigenvalue weighted by Gasteiger charge is 2.38. The Morgan fingerprint density at radius 3 is 2.78 bits per heavy atom. The first-order valence-electron chi connectivity index (χ1n) is 8.71. The number of nitrogens with one attached hydrogen (secondary N) is 1. The van der Waals surface area contributed by atoms with Crippen LogP contribution in [-0.4, -0.2) is 41.6 Å².